The molecule has 0 aliphatic carbocycles. The first-order valence-electron chi connectivity index (χ1n) is 13.9. The maximum absolute atomic E-state index is 14.3. The minimum atomic E-state index is -0.633. The van der Waals surface area contributed by atoms with Gasteiger partial charge >= 0.3 is 0 Å². The molecule has 5 aromatic rings. The van der Waals surface area contributed by atoms with Crippen LogP contribution in [0.5, 0.6) is 5.75 Å². The topological polar surface area (TPSA) is 72.7 Å². The Morgan fingerprint density at radius 2 is 1.67 bits per heavy atom. The van der Waals surface area contributed by atoms with Gasteiger partial charge < -0.3 is 10.1 Å². The van der Waals surface area contributed by atoms with Crippen LogP contribution in [-0.2, 0) is 4.79 Å². The van der Waals surface area contributed by atoms with Crippen molar-refractivity contribution in [3.8, 4) is 5.75 Å². The summed E-state index contributed by atoms with van der Waals surface area (Å²) < 4.78 is 8.35. The van der Waals surface area contributed by atoms with E-state index >= 15 is 0 Å². The number of fused-ring (bicyclic) bond motifs is 2. The first kappa shape index (κ1) is 27.4. The molecule has 1 aliphatic rings. The van der Waals surface area contributed by atoms with Crippen LogP contribution < -0.4 is 24.9 Å². The molecule has 4 aromatic carbocycles. The Hall–Kier alpha value is -4.75. The van der Waals surface area contributed by atoms with Crippen LogP contribution in [-0.4, -0.2) is 16.6 Å². The third kappa shape index (κ3) is 5.19. The first-order chi connectivity index (χ1) is 20.3. The van der Waals surface area contributed by atoms with E-state index in [1.165, 1.54) is 11.3 Å². The lowest BCUT2D eigenvalue weighted by Crippen LogP contribution is -2.40. The summed E-state index contributed by atoms with van der Waals surface area (Å²) in [6, 6.07) is 28.7. The largest absolute Gasteiger partial charge is 0.490 e. The van der Waals surface area contributed by atoms with E-state index in [0.717, 1.165) is 27.5 Å². The molecule has 6 rings (SSSR count). The third-order valence-corrected chi connectivity index (χ3v) is 8.24. The van der Waals surface area contributed by atoms with Crippen molar-refractivity contribution in [2.45, 2.75) is 39.8 Å². The number of rotatable bonds is 6. The number of aromatic nitrogens is 1. The van der Waals surface area contributed by atoms with Gasteiger partial charge in [0.05, 0.1) is 27.9 Å². The number of thiazole rings is 1. The maximum atomic E-state index is 14.3. The molecule has 1 amide bonds. The van der Waals surface area contributed by atoms with Crippen LogP contribution in [0.2, 0.25) is 0 Å². The molecule has 0 fully saturated rings. The number of anilines is 1. The number of allylic oxidation sites excluding steroid dienone is 1. The zero-order valence-corrected chi connectivity index (χ0v) is 24.7. The fourth-order valence-electron chi connectivity index (χ4n) is 5.31. The van der Waals surface area contributed by atoms with Crippen molar-refractivity contribution in [3.05, 3.63) is 139 Å². The van der Waals surface area contributed by atoms with Gasteiger partial charge in [-0.1, -0.05) is 89.7 Å². The van der Waals surface area contributed by atoms with Crippen molar-refractivity contribution in [2.75, 3.05) is 5.32 Å². The second-order valence-corrected chi connectivity index (χ2v) is 11.7. The van der Waals surface area contributed by atoms with Crippen LogP contribution in [0, 0.1) is 6.92 Å². The minimum Gasteiger partial charge on any atom is -0.490 e. The number of para-hydroxylation sites is 1. The van der Waals surface area contributed by atoms with Gasteiger partial charge in [-0.2, -0.15) is 0 Å². The molecule has 1 aromatic heterocycles. The zero-order chi connectivity index (χ0) is 29.4. The summed E-state index contributed by atoms with van der Waals surface area (Å²) in [6.45, 7) is 7.82. The Labute approximate surface area is 248 Å². The van der Waals surface area contributed by atoms with E-state index < -0.39 is 6.04 Å². The number of hydrogen-bond acceptors (Lipinski definition) is 5. The molecule has 0 saturated carbocycles. The van der Waals surface area contributed by atoms with Gasteiger partial charge in [0.2, 0.25) is 0 Å². The highest BCUT2D eigenvalue weighted by molar-refractivity contribution is 7.07. The molecular weight excluding hydrogens is 542 g/mol. The monoisotopic (exact) mass is 573 g/mol. The molecule has 42 heavy (non-hydrogen) atoms. The zero-order valence-electron chi connectivity index (χ0n) is 23.9. The Morgan fingerprint density at radius 3 is 2.40 bits per heavy atom. The smallest absolute Gasteiger partial charge is 0.271 e. The molecule has 0 saturated heterocycles. The number of carbonyl (C=O) groups excluding carboxylic acids is 1. The van der Waals surface area contributed by atoms with Crippen LogP contribution >= 0.6 is 11.3 Å². The van der Waals surface area contributed by atoms with Crippen LogP contribution in [0.15, 0.2) is 112 Å². The van der Waals surface area contributed by atoms with E-state index in [2.05, 4.69) is 5.32 Å². The van der Waals surface area contributed by atoms with E-state index in [1.807, 2.05) is 125 Å². The van der Waals surface area contributed by atoms with Crippen LogP contribution in [0.1, 0.15) is 43.5 Å². The first-order valence-corrected chi connectivity index (χ1v) is 14.8. The van der Waals surface area contributed by atoms with Crippen molar-refractivity contribution < 1.29 is 9.53 Å². The van der Waals surface area contributed by atoms with E-state index in [-0.39, 0.29) is 17.6 Å². The minimum absolute atomic E-state index is 0.0330. The average Bonchev–Trinajstić information content (AvgIpc) is 3.28. The van der Waals surface area contributed by atoms with Gasteiger partial charge in [-0.3, -0.25) is 14.2 Å². The Balaban J connectivity index is 1.55. The lowest BCUT2D eigenvalue weighted by atomic mass is 9.94. The van der Waals surface area contributed by atoms with E-state index in [1.54, 1.807) is 4.57 Å². The molecule has 0 bridgehead atoms. The average molecular weight is 574 g/mol. The molecule has 0 spiro atoms. The third-order valence-electron chi connectivity index (χ3n) is 7.26. The number of hydrogen-bond donors (Lipinski definition) is 1. The molecule has 1 atom stereocenters. The summed E-state index contributed by atoms with van der Waals surface area (Å²) in [6.07, 6.45) is 1.87. The summed E-state index contributed by atoms with van der Waals surface area (Å²) in [5, 5.41) is 5.06. The lowest BCUT2D eigenvalue weighted by molar-refractivity contribution is -0.113. The number of ether oxygens (including phenoxy) is 1. The summed E-state index contributed by atoms with van der Waals surface area (Å²) >= 11 is 1.32. The number of amides is 1. The van der Waals surface area contributed by atoms with Gasteiger partial charge in [0.15, 0.2) is 4.80 Å². The fraction of sp³-hybridized carbons (Fsp3) is 0.171. The molecule has 210 valence electrons. The van der Waals surface area contributed by atoms with Crippen LogP contribution in [0.25, 0.3) is 16.8 Å². The molecule has 0 radical (unpaired) electrons. The lowest BCUT2D eigenvalue weighted by Gasteiger charge is -2.25. The van der Waals surface area contributed by atoms with Gasteiger partial charge in [0, 0.05) is 11.3 Å². The number of nitrogens with one attached hydrogen (secondary N) is 1. The summed E-state index contributed by atoms with van der Waals surface area (Å²) in [5.74, 6) is 0.424. The van der Waals surface area contributed by atoms with Crippen LogP contribution in [0.3, 0.4) is 0 Å². The fourth-order valence-corrected chi connectivity index (χ4v) is 6.34. The Bertz CT molecular complexity index is 2020. The quantitative estimate of drug-likeness (QED) is 0.266. The summed E-state index contributed by atoms with van der Waals surface area (Å²) in [7, 11) is 0. The molecule has 2 heterocycles. The highest BCUT2D eigenvalue weighted by Crippen LogP contribution is 2.32. The van der Waals surface area contributed by atoms with Gasteiger partial charge in [-0.05, 0) is 68.3 Å². The molecule has 1 N–H and O–H groups in total. The highest BCUT2D eigenvalue weighted by atomic mass is 32.1. The van der Waals surface area contributed by atoms with Crippen molar-refractivity contribution in [2.24, 2.45) is 4.99 Å². The van der Waals surface area contributed by atoms with Crippen LogP contribution in [0.4, 0.5) is 5.69 Å². The van der Waals surface area contributed by atoms with Gasteiger partial charge in [0.1, 0.15) is 5.75 Å². The Kier molecular flexibility index (Phi) is 7.35. The number of carbonyl (C=O) groups is 1. The molecule has 6 nitrogen and oxygen atoms in total. The highest BCUT2D eigenvalue weighted by Gasteiger charge is 2.32. The normalized spacial score (nSPS) is 15.1. The summed E-state index contributed by atoms with van der Waals surface area (Å²) in [4.78, 5) is 33.4. The van der Waals surface area contributed by atoms with Crippen molar-refractivity contribution in [1.82, 2.24) is 4.57 Å². The number of aryl methyl sites for hydroxylation is 1. The molecule has 0 unspecified atom stereocenters. The predicted octanol–water partition coefficient (Wildman–Crippen LogP) is 6.12. The van der Waals surface area contributed by atoms with Gasteiger partial charge in [-0.15, -0.1) is 0 Å². The molecular formula is C35H31N3O3S. The van der Waals surface area contributed by atoms with E-state index in [9.17, 15) is 9.59 Å². The predicted molar refractivity (Wildman–Crippen MR) is 170 cm³/mol. The second kappa shape index (κ2) is 11.3. The maximum Gasteiger partial charge on any atom is 0.271 e. The van der Waals surface area contributed by atoms with Crippen molar-refractivity contribution >= 4 is 39.8 Å². The van der Waals surface area contributed by atoms with E-state index in [4.69, 9.17) is 9.73 Å². The molecule has 1 aliphatic heterocycles. The van der Waals surface area contributed by atoms with Crippen molar-refractivity contribution in [3.63, 3.8) is 0 Å². The number of benzene rings is 4. The SMILES string of the molecule is CC1=C(C(=O)Nc2ccccc2)[C@H](c2ccc(C)cc2)n2c(s/c(=C\c3c(OC(C)C)ccc4ccccc34)c2=O)=N1. The summed E-state index contributed by atoms with van der Waals surface area (Å²) in [5.41, 5.74) is 4.27. The standard InChI is InChI=1S/C35H31N3O3S/c1-21(2)41-29-19-18-24-10-8-9-13-27(24)28(29)20-30-34(40)38-32(25-16-14-22(3)15-17-25)31(23(4)36-35(38)42-30)33(39)37-26-11-6-5-7-12-26/h5-21,32H,1-4H3,(H,37,39)/b30-20-/t32-/m0/s1. The van der Waals surface area contributed by atoms with Crippen molar-refractivity contribution in [1.29, 1.82) is 0 Å². The Morgan fingerprint density at radius 1 is 0.952 bits per heavy atom. The van der Waals surface area contributed by atoms with Gasteiger partial charge in [0.25, 0.3) is 11.5 Å². The molecule has 7 heteroatoms. The van der Waals surface area contributed by atoms with E-state index in [0.29, 0.717) is 32.0 Å². The number of nitrogens with zero attached hydrogens (tertiary/aromatic N) is 2. The van der Waals surface area contributed by atoms with Gasteiger partial charge in [-0.25, -0.2) is 4.99 Å². The second-order valence-electron chi connectivity index (χ2n) is 10.7.